The molecule has 3 nitrogen and oxygen atoms in total. The summed E-state index contributed by atoms with van der Waals surface area (Å²) in [6.45, 7) is 2.77. The number of hydrogen-bond donors (Lipinski definition) is 2. The molecule has 2 aromatic rings. The van der Waals surface area contributed by atoms with Gasteiger partial charge in [-0.15, -0.1) is 0 Å². The highest BCUT2D eigenvalue weighted by Crippen LogP contribution is 2.26. The minimum absolute atomic E-state index is 0.756. The van der Waals surface area contributed by atoms with E-state index >= 15 is 0 Å². The van der Waals surface area contributed by atoms with E-state index in [1.807, 2.05) is 44.3 Å². The minimum Gasteiger partial charge on any atom is -0.340 e. The molecule has 0 saturated heterocycles. The second-order valence-electron chi connectivity index (χ2n) is 4.08. The lowest BCUT2D eigenvalue weighted by Crippen LogP contribution is -2.08. The molecule has 0 amide bonds. The maximum Gasteiger partial charge on any atom is 0.134 e. The molecule has 0 aliphatic heterocycles. The molecule has 94 valence electrons. The Morgan fingerprint density at radius 2 is 2.06 bits per heavy atom. The van der Waals surface area contributed by atoms with Crippen LogP contribution in [0.25, 0.3) is 0 Å². The van der Waals surface area contributed by atoms with Crippen LogP contribution in [0.3, 0.4) is 0 Å². The molecule has 4 heteroatoms. The van der Waals surface area contributed by atoms with Crippen LogP contribution in [-0.2, 0) is 6.54 Å². The summed E-state index contributed by atoms with van der Waals surface area (Å²) in [4.78, 5) is 4.37. The fourth-order valence-electron chi connectivity index (χ4n) is 1.75. The van der Waals surface area contributed by atoms with Gasteiger partial charge >= 0.3 is 0 Å². The Hall–Kier alpha value is -1.58. The lowest BCUT2D eigenvalue weighted by atomic mass is 10.2. The van der Waals surface area contributed by atoms with E-state index in [1.165, 1.54) is 0 Å². The number of aromatic nitrogens is 1. The molecule has 0 saturated carbocycles. The fraction of sp³-hybridized carbons (Fsp3) is 0.214. The van der Waals surface area contributed by atoms with Gasteiger partial charge in [0.1, 0.15) is 5.82 Å². The largest absolute Gasteiger partial charge is 0.340 e. The predicted molar refractivity (Wildman–Crippen MR) is 76.5 cm³/mol. The summed E-state index contributed by atoms with van der Waals surface area (Å²) in [7, 11) is 1.92. The highest BCUT2D eigenvalue weighted by molar-refractivity contribution is 6.31. The van der Waals surface area contributed by atoms with E-state index in [0.29, 0.717) is 0 Å². The van der Waals surface area contributed by atoms with Gasteiger partial charge in [-0.1, -0.05) is 23.7 Å². The summed E-state index contributed by atoms with van der Waals surface area (Å²) in [5, 5.41) is 7.22. The fourth-order valence-corrected chi connectivity index (χ4v) is 1.93. The van der Waals surface area contributed by atoms with Crippen LogP contribution < -0.4 is 10.6 Å². The zero-order valence-electron chi connectivity index (χ0n) is 10.5. The number of anilines is 2. The van der Waals surface area contributed by atoms with Crippen LogP contribution in [-0.4, -0.2) is 12.0 Å². The van der Waals surface area contributed by atoms with Crippen LogP contribution in [0.2, 0.25) is 5.02 Å². The summed E-state index contributed by atoms with van der Waals surface area (Å²) in [5.74, 6) is 0.859. The van der Waals surface area contributed by atoms with Crippen LogP contribution in [0.4, 0.5) is 11.5 Å². The third-order valence-electron chi connectivity index (χ3n) is 2.78. The van der Waals surface area contributed by atoms with Gasteiger partial charge in [-0.3, -0.25) is 0 Å². The molecule has 0 bridgehead atoms. The molecule has 1 aromatic carbocycles. The van der Waals surface area contributed by atoms with Crippen molar-refractivity contribution in [1.29, 1.82) is 0 Å². The maximum atomic E-state index is 6.11. The van der Waals surface area contributed by atoms with Crippen molar-refractivity contribution in [3.8, 4) is 0 Å². The molecule has 0 aliphatic rings. The Kier molecular flexibility index (Phi) is 4.18. The van der Waals surface area contributed by atoms with Gasteiger partial charge in [-0.2, -0.15) is 0 Å². The summed E-state index contributed by atoms with van der Waals surface area (Å²) in [6, 6.07) is 9.79. The highest BCUT2D eigenvalue weighted by Gasteiger charge is 2.06. The van der Waals surface area contributed by atoms with Crippen molar-refractivity contribution in [1.82, 2.24) is 10.3 Å². The quantitative estimate of drug-likeness (QED) is 0.884. The number of hydrogen-bond acceptors (Lipinski definition) is 3. The zero-order valence-corrected chi connectivity index (χ0v) is 11.3. The molecular formula is C14H16ClN3. The molecule has 0 radical (unpaired) electrons. The van der Waals surface area contributed by atoms with Gasteiger partial charge < -0.3 is 10.6 Å². The molecule has 2 rings (SSSR count). The first-order valence-electron chi connectivity index (χ1n) is 5.83. The van der Waals surface area contributed by atoms with Crippen molar-refractivity contribution < 1.29 is 0 Å². The summed E-state index contributed by atoms with van der Waals surface area (Å²) < 4.78 is 0. The van der Waals surface area contributed by atoms with Crippen LogP contribution in [0.15, 0.2) is 36.5 Å². The third kappa shape index (κ3) is 2.81. The summed E-state index contributed by atoms with van der Waals surface area (Å²) >= 11 is 6.11. The Bertz CT molecular complexity index is 540. The van der Waals surface area contributed by atoms with Crippen LogP contribution >= 0.6 is 11.6 Å². The Labute approximate surface area is 112 Å². The van der Waals surface area contributed by atoms with Gasteiger partial charge in [0.05, 0.1) is 0 Å². The topological polar surface area (TPSA) is 37.0 Å². The van der Waals surface area contributed by atoms with Gasteiger partial charge in [0.25, 0.3) is 0 Å². The Balaban J connectivity index is 2.31. The standard InChI is InChI=1S/C14H16ClN3/c1-10-12(15)6-3-7-13(10)18-14-11(9-16-2)5-4-8-17-14/h3-8,16H,9H2,1-2H3,(H,17,18). The average Bonchev–Trinajstić information content (AvgIpc) is 2.37. The van der Waals surface area contributed by atoms with Crippen LogP contribution in [0.1, 0.15) is 11.1 Å². The minimum atomic E-state index is 0.756. The number of pyridine rings is 1. The molecule has 1 heterocycles. The maximum absolute atomic E-state index is 6.11. The normalized spacial score (nSPS) is 10.4. The van der Waals surface area contributed by atoms with Gasteiger partial charge in [-0.25, -0.2) is 4.98 Å². The van der Waals surface area contributed by atoms with Gasteiger partial charge in [-0.05, 0) is 37.7 Å². The average molecular weight is 262 g/mol. The molecule has 0 spiro atoms. The van der Waals surface area contributed by atoms with Crippen LogP contribution in [0, 0.1) is 6.92 Å². The first-order valence-corrected chi connectivity index (χ1v) is 6.21. The van der Waals surface area contributed by atoms with E-state index in [1.54, 1.807) is 6.20 Å². The van der Waals surface area contributed by atoms with Crippen molar-refractivity contribution in [2.75, 3.05) is 12.4 Å². The second-order valence-corrected chi connectivity index (χ2v) is 4.49. The number of nitrogens with zero attached hydrogens (tertiary/aromatic N) is 1. The third-order valence-corrected chi connectivity index (χ3v) is 3.19. The summed E-state index contributed by atoms with van der Waals surface area (Å²) in [6.07, 6.45) is 1.78. The zero-order chi connectivity index (χ0) is 13.0. The molecule has 0 atom stereocenters. The van der Waals surface area contributed by atoms with Crippen molar-refractivity contribution in [2.45, 2.75) is 13.5 Å². The molecule has 0 unspecified atom stereocenters. The van der Waals surface area contributed by atoms with Crippen LogP contribution in [0.5, 0.6) is 0 Å². The number of nitrogens with one attached hydrogen (secondary N) is 2. The van der Waals surface area contributed by atoms with E-state index in [4.69, 9.17) is 11.6 Å². The lowest BCUT2D eigenvalue weighted by molar-refractivity contribution is 0.815. The van der Waals surface area contributed by atoms with Crippen molar-refractivity contribution >= 4 is 23.1 Å². The number of rotatable bonds is 4. The van der Waals surface area contributed by atoms with E-state index in [-0.39, 0.29) is 0 Å². The molecule has 1 aromatic heterocycles. The van der Waals surface area contributed by atoms with Crippen molar-refractivity contribution in [3.05, 3.63) is 52.7 Å². The summed E-state index contributed by atoms with van der Waals surface area (Å²) in [5.41, 5.74) is 3.14. The predicted octanol–water partition coefficient (Wildman–Crippen LogP) is 3.51. The SMILES string of the molecule is CNCc1cccnc1Nc1cccc(Cl)c1C. The van der Waals surface area contributed by atoms with E-state index in [9.17, 15) is 0 Å². The Morgan fingerprint density at radius 3 is 2.83 bits per heavy atom. The molecule has 0 aliphatic carbocycles. The lowest BCUT2D eigenvalue weighted by Gasteiger charge is -2.13. The van der Waals surface area contributed by atoms with Gasteiger partial charge in [0.15, 0.2) is 0 Å². The Morgan fingerprint density at radius 1 is 1.22 bits per heavy atom. The molecule has 0 fully saturated rings. The van der Waals surface area contributed by atoms with E-state index < -0.39 is 0 Å². The van der Waals surface area contributed by atoms with Crippen molar-refractivity contribution in [2.24, 2.45) is 0 Å². The second kappa shape index (κ2) is 5.85. The first kappa shape index (κ1) is 12.9. The van der Waals surface area contributed by atoms with Crippen molar-refractivity contribution in [3.63, 3.8) is 0 Å². The highest BCUT2D eigenvalue weighted by atomic mass is 35.5. The molecule has 2 N–H and O–H groups in total. The van der Waals surface area contributed by atoms with Gasteiger partial charge in [0.2, 0.25) is 0 Å². The number of benzene rings is 1. The van der Waals surface area contributed by atoms with E-state index in [0.717, 1.165) is 34.2 Å². The first-order chi connectivity index (χ1) is 8.72. The van der Waals surface area contributed by atoms with Gasteiger partial charge in [0, 0.05) is 29.0 Å². The smallest absolute Gasteiger partial charge is 0.134 e. The number of halogens is 1. The monoisotopic (exact) mass is 261 g/mol. The molecule has 18 heavy (non-hydrogen) atoms. The van der Waals surface area contributed by atoms with E-state index in [2.05, 4.69) is 15.6 Å². The molecular weight excluding hydrogens is 246 g/mol.